The number of nitro benzene ring substituents is 1. The van der Waals surface area contributed by atoms with Gasteiger partial charge >= 0.3 is 0 Å². The normalized spacial score (nSPS) is 15.2. The maximum absolute atomic E-state index is 12.7. The van der Waals surface area contributed by atoms with Crippen LogP contribution in [0.2, 0.25) is 0 Å². The first-order valence-electron chi connectivity index (χ1n) is 9.48. The van der Waals surface area contributed by atoms with Gasteiger partial charge in [0.15, 0.2) is 0 Å². The smallest absolute Gasteiger partial charge is 0.293 e. The molecule has 0 saturated carbocycles. The predicted octanol–water partition coefficient (Wildman–Crippen LogP) is 5.71. The molecule has 0 spiro atoms. The van der Waals surface area contributed by atoms with E-state index in [4.69, 9.17) is 4.42 Å². The van der Waals surface area contributed by atoms with Gasteiger partial charge in [-0.1, -0.05) is 42.0 Å². The molecule has 3 aromatic rings. The number of benzene rings is 2. The fraction of sp³-hybridized carbons (Fsp3) is 0.130. The monoisotopic (exact) mass is 434 g/mol. The van der Waals surface area contributed by atoms with E-state index in [1.54, 1.807) is 31.2 Å². The van der Waals surface area contributed by atoms with Crippen LogP contribution < -0.4 is 0 Å². The van der Waals surface area contributed by atoms with Crippen molar-refractivity contribution in [3.05, 3.63) is 92.1 Å². The third-order valence-corrected chi connectivity index (χ3v) is 5.83. The van der Waals surface area contributed by atoms with E-state index in [0.717, 1.165) is 22.9 Å². The zero-order valence-electron chi connectivity index (χ0n) is 16.8. The standard InChI is InChI=1S/C23H18N2O5S/c1-14-3-6-16(7-4-14)13-24-22(26)21(31-23(24)27)12-18-9-10-20(30-18)17-8-5-15(2)19(11-17)25(28)29/h3-12H,13H2,1-2H3/b21-12-. The van der Waals surface area contributed by atoms with Gasteiger partial charge in [0.2, 0.25) is 0 Å². The number of nitrogens with zero attached hydrogens (tertiary/aromatic N) is 2. The Morgan fingerprint density at radius 2 is 1.81 bits per heavy atom. The quantitative estimate of drug-likeness (QED) is 0.290. The van der Waals surface area contributed by atoms with E-state index in [0.29, 0.717) is 22.6 Å². The maximum atomic E-state index is 12.7. The number of amides is 2. The van der Waals surface area contributed by atoms with Crippen molar-refractivity contribution in [2.45, 2.75) is 20.4 Å². The van der Waals surface area contributed by atoms with Crippen LogP contribution in [0.4, 0.5) is 10.5 Å². The Hall–Kier alpha value is -3.65. The van der Waals surface area contributed by atoms with E-state index in [-0.39, 0.29) is 28.3 Å². The van der Waals surface area contributed by atoms with Gasteiger partial charge in [0.25, 0.3) is 16.8 Å². The molecular weight excluding hydrogens is 416 g/mol. The summed E-state index contributed by atoms with van der Waals surface area (Å²) in [4.78, 5) is 37.3. The van der Waals surface area contributed by atoms with Crippen molar-refractivity contribution in [2.24, 2.45) is 0 Å². The molecule has 1 aliphatic heterocycles. The first-order valence-corrected chi connectivity index (χ1v) is 10.3. The fourth-order valence-electron chi connectivity index (χ4n) is 3.19. The molecule has 4 rings (SSSR count). The molecular formula is C23H18N2O5S. The highest BCUT2D eigenvalue weighted by Crippen LogP contribution is 2.35. The topological polar surface area (TPSA) is 93.7 Å². The average Bonchev–Trinajstić information content (AvgIpc) is 3.30. The number of carbonyl (C=O) groups excluding carboxylic acids is 2. The molecule has 0 atom stereocenters. The minimum Gasteiger partial charge on any atom is -0.457 e. The Morgan fingerprint density at radius 3 is 2.52 bits per heavy atom. The molecule has 0 N–H and O–H groups in total. The van der Waals surface area contributed by atoms with Crippen LogP contribution in [0.5, 0.6) is 0 Å². The molecule has 7 nitrogen and oxygen atoms in total. The highest BCUT2D eigenvalue weighted by molar-refractivity contribution is 8.18. The van der Waals surface area contributed by atoms with Crippen LogP contribution in [0.3, 0.4) is 0 Å². The third-order valence-electron chi connectivity index (χ3n) is 4.93. The highest BCUT2D eigenvalue weighted by Gasteiger charge is 2.35. The second-order valence-corrected chi connectivity index (χ2v) is 8.21. The lowest BCUT2D eigenvalue weighted by Gasteiger charge is -2.12. The third kappa shape index (κ3) is 4.29. The van der Waals surface area contributed by atoms with Gasteiger partial charge in [-0.25, -0.2) is 0 Å². The molecule has 0 bridgehead atoms. The molecule has 31 heavy (non-hydrogen) atoms. The number of hydrogen-bond donors (Lipinski definition) is 0. The largest absolute Gasteiger partial charge is 0.457 e. The zero-order chi connectivity index (χ0) is 22.1. The Bertz CT molecular complexity index is 1230. The first kappa shape index (κ1) is 20.6. The van der Waals surface area contributed by atoms with Crippen LogP contribution in [0, 0.1) is 24.0 Å². The molecule has 0 radical (unpaired) electrons. The van der Waals surface area contributed by atoms with Crippen LogP contribution in [0.15, 0.2) is 63.9 Å². The summed E-state index contributed by atoms with van der Waals surface area (Å²) in [7, 11) is 0. The summed E-state index contributed by atoms with van der Waals surface area (Å²) in [6.07, 6.45) is 1.52. The highest BCUT2D eigenvalue weighted by atomic mass is 32.2. The average molecular weight is 434 g/mol. The number of carbonyl (C=O) groups is 2. The van der Waals surface area contributed by atoms with Gasteiger partial charge in [-0.3, -0.25) is 24.6 Å². The van der Waals surface area contributed by atoms with Gasteiger partial charge in [0.1, 0.15) is 11.5 Å². The van der Waals surface area contributed by atoms with Gasteiger partial charge < -0.3 is 4.42 Å². The van der Waals surface area contributed by atoms with Crippen molar-refractivity contribution in [1.29, 1.82) is 0 Å². The summed E-state index contributed by atoms with van der Waals surface area (Å²) in [5, 5.41) is 10.8. The molecule has 0 unspecified atom stereocenters. The number of rotatable bonds is 5. The van der Waals surface area contributed by atoms with Crippen molar-refractivity contribution in [3.63, 3.8) is 0 Å². The Kier molecular flexibility index (Phi) is 5.48. The number of imide groups is 1. The van der Waals surface area contributed by atoms with Gasteiger partial charge in [-0.05, 0) is 43.3 Å². The Morgan fingerprint density at radius 1 is 1.06 bits per heavy atom. The summed E-state index contributed by atoms with van der Waals surface area (Å²) in [5.41, 5.74) is 3.10. The summed E-state index contributed by atoms with van der Waals surface area (Å²) in [6.45, 7) is 3.85. The van der Waals surface area contributed by atoms with Gasteiger partial charge in [-0.2, -0.15) is 0 Å². The first-order chi connectivity index (χ1) is 14.8. The van der Waals surface area contributed by atoms with Crippen LogP contribution in [0.25, 0.3) is 17.4 Å². The van der Waals surface area contributed by atoms with Crippen molar-refractivity contribution < 1.29 is 18.9 Å². The van der Waals surface area contributed by atoms with Gasteiger partial charge in [0.05, 0.1) is 16.4 Å². The van der Waals surface area contributed by atoms with Crippen LogP contribution >= 0.6 is 11.8 Å². The SMILES string of the molecule is Cc1ccc(CN2C(=O)S/C(=C\c3ccc(-c4ccc(C)c([N+](=O)[O-])c4)o3)C2=O)cc1. The Balaban J connectivity index is 1.55. The maximum Gasteiger partial charge on any atom is 0.293 e. The summed E-state index contributed by atoms with van der Waals surface area (Å²) in [5.74, 6) is 0.451. The second kappa shape index (κ2) is 8.23. The molecule has 1 aromatic heterocycles. The van der Waals surface area contributed by atoms with Gasteiger partial charge in [0, 0.05) is 23.3 Å². The molecule has 2 amide bonds. The molecule has 1 saturated heterocycles. The second-order valence-electron chi connectivity index (χ2n) is 7.21. The van der Waals surface area contributed by atoms with E-state index in [9.17, 15) is 19.7 Å². The van der Waals surface area contributed by atoms with Crippen LogP contribution in [-0.2, 0) is 11.3 Å². The number of aryl methyl sites for hydroxylation is 2. The number of nitro groups is 1. The van der Waals surface area contributed by atoms with Crippen LogP contribution in [-0.4, -0.2) is 21.0 Å². The van der Waals surface area contributed by atoms with Crippen molar-refractivity contribution in [3.8, 4) is 11.3 Å². The zero-order valence-corrected chi connectivity index (χ0v) is 17.6. The molecule has 8 heteroatoms. The Labute approximate surface area is 182 Å². The van der Waals surface area contributed by atoms with Crippen molar-refractivity contribution in [2.75, 3.05) is 0 Å². The molecule has 1 aliphatic rings. The van der Waals surface area contributed by atoms with E-state index in [2.05, 4.69) is 0 Å². The summed E-state index contributed by atoms with van der Waals surface area (Å²) >= 11 is 0.862. The minimum absolute atomic E-state index is 0.00711. The van der Waals surface area contributed by atoms with E-state index in [1.807, 2.05) is 31.2 Å². The number of thioether (sulfide) groups is 1. The molecule has 156 valence electrons. The lowest BCUT2D eigenvalue weighted by molar-refractivity contribution is -0.385. The lowest BCUT2D eigenvalue weighted by Crippen LogP contribution is -2.27. The van der Waals surface area contributed by atoms with E-state index in [1.165, 1.54) is 17.0 Å². The predicted molar refractivity (Wildman–Crippen MR) is 118 cm³/mol. The lowest BCUT2D eigenvalue weighted by atomic mass is 10.1. The number of hydrogen-bond acceptors (Lipinski definition) is 6. The molecule has 0 aliphatic carbocycles. The van der Waals surface area contributed by atoms with E-state index >= 15 is 0 Å². The van der Waals surface area contributed by atoms with Crippen LogP contribution in [0.1, 0.15) is 22.5 Å². The van der Waals surface area contributed by atoms with E-state index < -0.39 is 4.92 Å². The fourth-order valence-corrected chi connectivity index (χ4v) is 4.00. The number of furan rings is 1. The van der Waals surface area contributed by atoms with Crippen molar-refractivity contribution >= 4 is 34.7 Å². The molecule has 2 aromatic carbocycles. The minimum atomic E-state index is -0.438. The van der Waals surface area contributed by atoms with Crippen molar-refractivity contribution in [1.82, 2.24) is 4.90 Å². The summed E-state index contributed by atoms with van der Waals surface area (Å²) in [6, 6.07) is 15.8. The molecule has 2 heterocycles. The molecule has 1 fully saturated rings. The van der Waals surface area contributed by atoms with Gasteiger partial charge in [-0.15, -0.1) is 0 Å². The summed E-state index contributed by atoms with van der Waals surface area (Å²) < 4.78 is 5.76.